The van der Waals surface area contributed by atoms with Crippen LogP contribution >= 0.6 is 0 Å². The second kappa shape index (κ2) is 11.2. The third kappa shape index (κ3) is 6.47. The number of para-hydroxylation sites is 1. The van der Waals surface area contributed by atoms with Crippen molar-refractivity contribution in [2.24, 2.45) is 10.2 Å². The van der Waals surface area contributed by atoms with Crippen molar-refractivity contribution in [1.29, 1.82) is 0 Å². The van der Waals surface area contributed by atoms with Crippen LogP contribution in [0.25, 0.3) is 10.8 Å². The summed E-state index contributed by atoms with van der Waals surface area (Å²) in [6, 6.07) is 17.9. The molecule has 4 rings (SSSR count). The topological polar surface area (TPSA) is 179 Å². The molecule has 39 heavy (non-hydrogen) atoms. The zero-order valence-corrected chi connectivity index (χ0v) is 21.5. The molecule has 0 aliphatic carbocycles. The summed E-state index contributed by atoms with van der Waals surface area (Å²) in [4.78, 5) is 22.9. The first kappa shape index (κ1) is 27.0. The Morgan fingerprint density at radius 3 is 2.10 bits per heavy atom. The molecule has 5 N–H and O–H groups in total. The fraction of sp³-hybridized carbons (Fsp3) is 0.0769. The number of phenolic OH excluding ortho intramolecular Hbond substituents is 1. The van der Waals surface area contributed by atoms with E-state index in [1.807, 2.05) is 0 Å². The Morgan fingerprint density at radius 1 is 0.846 bits per heavy atom. The fourth-order valence-electron chi connectivity index (χ4n) is 3.67. The molecule has 4 aromatic rings. The summed E-state index contributed by atoms with van der Waals surface area (Å²) < 4.78 is 39.3. The Morgan fingerprint density at radius 2 is 1.46 bits per heavy atom. The van der Waals surface area contributed by atoms with Gasteiger partial charge in [0, 0.05) is 29.4 Å². The van der Waals surface area contributed by atoms with Gasteiger partial charge in [-0.25, -0.2) is 4.79 Å². The van der Waals surface area contributed by atoms with Crippen LogP contribution in [0.2, 0.25) is 0 Å². The van der Waals surface area contributed by atoms with Crippen LogP contribution in [0, 0.1) is 0 Å². The van der Waals surface area contributed by atoms with Gasteiger partial charge in [0.2, 0.25) is 5.91 Å². The molecule has 0 aliphatic heterocycles. The van der Waals surface area contributed by atoms with Crippen molar-refractivity contribution in [3.63, 3.8) is 0 Å². The Balaban J connectivity index is 1.62. The molecule has 4 aromatic carbocycles. The van der Waals surface area contributed by atoms with Crippen LogP contribution in [0.1, 0.15) is 6.92 Å². The van der Waals surface area contributed by atoms with Crippen LogP contribution < -0.4 is 20.7 Å². The van der Waals surface area contributed by atoms with Crippen LogP contribution in [-0.2, 0) is 14.9 Å². The Bertz CT molecular complexity index is 1700. The molecule has 0 aromatic heterocycles. The van der Waals surface area contributed by atoms with E-state index < -0.39 is 32.5 Å². The molecular weight excluding hydrogens is 526 g/mol. The van der Waals surface area contributed by atoms with Gasteiger partial charge in [0.15, 0.2) is 5.75 Å². The quantitative estimate of drug-likeness (QED) is 0.142. The summed E-state index contributed by atoms with van der Waals surface area (Å²) in [6.45, 7) is 1.38. The maximum atomic E-state index is 12.5. The zero-order chi connectivity index (χ0) is 28.2. The van der Waals surface area contributed by atoms with Crippen LogP contribution in [-0.4, -0.2) is 37.1 Å². The first-order valence-corrected chi connectivity index (χ1v) is 12.8. The second-order valence-corrected chi connectivity index (χ2v) is 9.58. The molecule has 12 nitrogen and oxygen atoms in total. The van der Waals surface area contributed by atoms with E-state index >= 15 is 0 Å². The summed E-state index contributed by atoms with van der Waals surface area (Å²) in [7, 11) is -3.39. The molecule has 0 atom stereocenters. The van der Waals surface area contributed by atoms with Crippen LogP contribution in [0.4, 0.5) is 33.2 Å². The van der Waals surface area contributed by atoms with E-state index in [-0.39, 0.29) is 28.1 Å². The van der Waals surface area contributed by atoms with Gasteiger partial charge in [-0.15, -0.1) is 10.2 Å². The van der Waals surface area contributed by atoms with Crippen LogP contribution in [0.15, 0.2) is 87.9 Å². The first-order chi connectivity index (χ1) is 18.5. The minimum absolute atomic E-state index is 0.203. The summed E-state index contributed by atoms with van der Waals surface area (Å²) >= 11 is 0. The van der Waals surface area contributed by atoms with Crippen molar-refractivity contribution in [2.75, 3.05) is 23.1 Å². The fourth-order valence-corrected chi connectivity index (χ4v) is 4.33. The number of rotatable bonds is 7. The molecule has 0 aliphatic rings. The van der Waals surface area contributed by atoms with Crippen molar-refractivity contribution < 1.29 is 32.4 Å². The van der Waals surface area contributed by atoms with Gasteiger partial charge in [-0.05, 0) is 66.0 Å². The SMILES string of the molecule is COc1ccccc1N=Nc1c(S(=O)(=O)O)cc2cc(NC(=O)Nc3ccc(NC(C)=O)cc3)ccc2c1O. The summed E-state index contributed by atoms with van der Waals surface area (Å²) in [6.07, 6.45) is 0. The molecule has 0 spiro atoms. The predicted octanol–water partition coefficient (Wildman–Crippen LogP) is 5.82. The molecule has 0 heterocycles. The second-order valence-electron chi connectivity index (χ2n) is 8.19. The lowest BCUT2D eigenvalue weighted by atomic mass is 10.1. The maximum Gasteiger partial charge on any atom is 0.323 e. The number of amides is 3. The van der Waals surface area contributed by atoms with E-state index in [0.717, 1.165) is 6.07 Å². The zero-order valence-electron chi connectivity index (χ0n) is 20.7. The molecule has 0 fully saturated rings. The number of carbonyl (C=O) groups is 2. The number of hydrogen-bond acceptors (Lipinski definition) is 8. The van der Waals surface area contributed by atoms with Gasteiger partial charge < -0.3 is 25.8 Å². The highest BCUT2D eigenvalue weighted by atomic mass is 32.2. The van der Waals surface area contributed by atoms with Crippen molar-refractivity contribution in [2.45, 2.75) is 11.8 Å². The van der Waals surface area contributed by atoms with Gasteiger partial charge in [-0.3, -0.25) is 9.35 Å². The van der Waals surface area contributed by atoms with Gasteiger partial charge in [0.05, 0.1) is 7.11 Å². The summed E-state index contributed by atoms with van der Waals surface area (Å²) in [5.74, 6) is -0.388. The summed E-state index contributed by atoms with van der Waals surface area (Å²) in [5, 5.41) is 27.0. The molecule has 0 saturated heterocycles. The molecule has 13 heteroatoms. The van der Waals surface area contributed by atoms with E-state index in [1.54, 1.807) is 48.5 Å². The molecule has 0 bridgehead atoms. The summed E-state index contributed by atoms with van der Waals surface area (Å²) in [5.41, 5.74) is 1.12. The number of hydrogen-bond donors (Lipinski definition) is 5. The highest BCUT2D eigenvalue weighted by Crippen LogP contribution is 2.42. The average Bonchev–Trinajstić information content (AvgIpc) is 2.88. The minimum atomic E-state index is -4.83. The molecule has 0 saturated carbocycles. The lowest BCUT2D eigenvalue weighted by molar-refractivity contribution is -0.114. The largest absolute Gasteiger partial charge is 0.505 e. The number of nitrogens with zero attached hydrogens (tertiary/aromatic N) is 2. The number of anilines is 3. The van der Waals surface area contributed by atoms with Gasteiger partial charge in [0.1, 0.15) is 22.0 Å². The highest BCUT2D eigenvalue weighted by Gasteiger charge is 2.22. The lowest BCUT2D eigenvalue weighted by Gasteiger charge is -2.12. The number of carbonyl (C=O) groups excluding carboxylic acids is 2. The van der Waals surface area contributed by atoms with Gasteiger partial charge in [-0.2, -0.15) is 8.42 Å². The van der Waals surface area contributed by atoms with Crippen molar-refractivity contribution in [3.8, 4) is 11.5 Å². The van der Waals surface area contributed by atoms with E-state index in [0.29, 0.717) is 17.1 Å². The number of ether oxygens (including phenoxy) is 1. The Kier molecular flexibility index (Phi) is 7.74. The van der Waals surface area contributed by atoms with E-state index in [9.17, 15) is 27.7 Å². The maximum absolute atomic E-state index is 12.5. The molecule has 3 amide bonds. The van der Waals surface area contributed by atoms with Crippen LogP contribution in [0.3, 0.4) is 0 Å². The monoisotopic (exact) mass is 549 g/mol. The standard InChI is InChI=1S/C26H23N5O7S/c1-15(32)27-17-7-9-18(10-8-17)28-26(34)29-19-11-12-20-16(13-19)14-23(39(35,36)37)24(25(20)33)31-30-21-5-3-4-6-22(21)38-2/h3-14,33H,1-2H3,(H,27,32)(H2,28,29,34)(H,35,36,37). The number of aromatic hydroxyl groups is 1. The van der Waals surface area contributed by atoms with Gasteiger partial charge in [0.25, 0.3) is 10.1 Å². The van der Waals surface area contributed by atoms with Crippen molar-refractivity contribution in [3.05, 3.63) is 72.8 Å². The smallest absolute Gasteiger partial charge is 0.323 e. The number of urea groups is 1. The van der Waals surface area contributed by atoms with Crippen LogP contribution in [0.5, 0.6) is 11.5 Å². The number of phenols is 1. The van der Waals surface area contributed by atoms with E-state index in [1.165, 1.54) is 32.2 Å². The van der Waals surface area contributed by atoms with E-state index in [4.69, 9.17) is 4.74 Å². The predicted molar refractivity (Wildman–Crippen MR) is 146 cm³/mol. The third-order valence-electron chi connectivity index (χ3n) is 5.39. The molecule has 0 unspecified atom stereocenters. The number of azo groups is 1. The number of methoxy groups -OCH3 is 1. The highest BCUT2D eigenvalue weighted by molar-refractivity contribution is 7.86. The lowest BCUT2D eigenvalue weighted by Crippen LogP contribution is -2.19. The Hall–Kier alpha value is -5.01. The number of nitrogens with one attached hydrogen (secondary N) is 3. The molecule has 0 radical (unpaired) electrons. The third-order valence-corrected chi connectivity index (χ3v) is 6.26. The minimum Gasteiger partial charge on any atom is -0.505 e. The average molecular weight is 550 g/mol. The number of fused-ring (bicyclic) bond motifs is 1. The van der Waals surface area contributed by atoms with Gasteiger partial charge in [-0.1, -0.05) is 12.1 Å². The van der Waals surface area contributed by atoms with Crippen molar-refractivity contribution >= 4 is 61.3 Å². The van der Waals surface area contributed by atoms with E-state index in [2.05, 4.69) is 26.2 Å². The first-order valence-electron chi connectivity index (χ1n) is 11.3. The number of benzene rings is 4. The normalized spacial score (nSPS) is 11.4. The molecular formula is C26H23N5O7S. The van der Waals surface area contributed by atoms with Gasteiger partial charge >= 0.3 is 6.03 Å². The van der Waals surface area contributed by atoms with Crippen molar-refractivity contribution in [1.82, 2.24) is 0 Å². The molecule has 200 valence electrons. The Labute approximate surface area is 223 Å².